The van der Waals surface area contributed by atoms with Crippen LogP contribution in [0.4, 0.5) is 0 Å². The first kappa shape index (κ1) is 13.1. The average molecular weight is 243 g/mol. The van der Waals surface area contributed by atoms with E-state index < -0.39 is 0 Å². The Labute approximate surface area is 87.8 Å². The van der Waals surface area contributed by atoms with Crippen LogP contribution in [0.3, 0.4) is 0 Å². The lowest BCUT2D eigenvalue weighted by Gasteiger charge is -2.00. The molecule has 0 aromatic carbocycles. The van der Waals surface area contributed by atoms with Gasteiger partial charge in [-0.2, -0.15) is 0 Å². The van der Waals surface area contributed by atoms with Gasteiger partial charge in [-0.15, -0.1) is 0 Å². The Morgan fingerprint density at radius 3 is 1.67 bits per heavy atom. The van der Waals surface area contributed by atoms with Gasteiger partial charge in [-0.25, -0.2) is 0 Å². The second-order valence-electron chi connectivity index (χ2n) is 2.04. The van der Waals surface area contributed by atoms with E-state index in [2.05, 4.69) is 13.8 Å². The number of rotatable bonds is 9. The standard InChI is InChI=1S/C6H18O2S2Si2/c1-3-7-11-5-9-10-6-12-8-4-2/h3-6,11-12H2,1-2H3. The molecule has 0 aromatic heterocycles. The second kappa shape index (κ2) is 12.1. The highest BCUT2D eigenvalue weighted by Crippen LogP contribution is 2.18. The molecule has 6 heteroatoms. The topological polar surface area (TPSA) is 18.5 Å². The van der Waals surface area contributed by atoms with Crippen LogP contribution in [0.1, 0.15) is 13.8 Å². The molecule has 74 valence electrons. The third-order valence-corrected chi connectivity index (χ3v) is 8.84. The van der Waals surface area contributed by atoms with Gasteiger partial charge in [-0.1, -0.05) is 21.6 Å². The fourth-order valence-electron chi connectivity index (χ4n) is 0.592. The van der Waals surface area contributed by atoms with Crippen molar-refractivity contribution in [1.82, 2.24) is 0 Å². The molecular formula is C6H18O2S2Si2. The Kier molecular flexibility index (Phi) is 13.1. The molecule has 0 spiro atoms. The summed E-state index contributed by atoms with van der Waals surface area (Å²) >= 11 is 0. The minimum absolute atomic E-state index is 0.211. The highest BCUT2D eigenvalue weighted by atomic mass is 33.1. The van der Waals surface area contributed by atoms with E-state index >= 15 is 0 Å². The van der Waals surface area contributed by atoms with Crippen molar-refractivity contribution >= 4 is 41.1 Å². The largest absolute Gasteiger partial charge is 0.423 e. The Hall–Kier alpha value is 1.05. The van der Waals surface area contributed by atoms with Gasteiger partial charge in [0.25, 0.3) is 0 Å². The number of hydrogen-bond acceptors (Lipinski definition) is 4. The summed E-state index contributed by atoms with van der Waals surface area (Å²) in [5, 5.41) is 2.47. The van der Waals surface area contributed by atoms with Gasteiger partial charge in [0.2, 0.25) is 0 Å². The summed E-state index contributed by atoms with van der Waals surface area (Å²) in [4.78, 5) is 0. The van der Waals surface area contributed by atoms with Gasteiger partial charge >= 0.3 is 0 Å². The quantitative estimate of drug-likeness (QED) is 0.333. The maximum absolute atomic E-state index is 5.35. The minimum atomic E-state index is -0.211. The van der Waals surface area contributed by atoms with Crippen molar-refractivity contribution in [3.8, 4) is 0 Å². The van der Waals surface area contributed by atoms with Gasteiger partial charge in [0.05, 0.1) is 0 Å². The molecule has 0 rings (SSSR count). The summed E-state index contributed by atoms with van der Waals surface area (Å²) in [5.74, 6) is 0. The van der Waals surface area contributed by atoms with Gasteiger partial charge in [-0.05, 0) is 13.8 Å². The molecule has 0 atom stereocenters. The monoisotopic (exact) mass is 242 g/mol. The second-order valence-corrected chi connectivity index (χ2v) is 8.82. The Morgan fingerprint density at radius 1 is 0.917 bits per heavy atom. The summed E-state index contributed by atoms with van der Waals surface area (Å²) in [6.07, 6.45) is 0. The fraction of sp³-hybridized carbons (Fsp3) is 1.00. The maximum Gasteiger partial charge on any atom is 0.172 e. The molecule has 0 fully saturated rings. The van der Waals surface area contributed by atoms with Crippen LogP contribution in [0.15, 0.2) is 0 Å². The van der Waals surface area contributed by atoms with E-state index in [0.29, 0.717) is 0 Å². The van der Waals surface area contributed by atoms with Crippen LogP contribution in [-0.2, 0) is 8.85 Å². The van der Waals surface area contributed by atoms with Gasteiger partial charge in [0.1, 0.15) is 0 Å². The van der Waals surface area contributed by atoms with Crippen molar-refractivity contribution in [2.45, 2.75) is 13.8 Å². The highest BCUT2D eigenvalue weighted by molar-refractivity contribution is 8.77. The van der Waals surface area contributed by atoms with Crippen molar-refractivity contribution in [1.29, 1.82) is 0 Å². The Balaban J connectivity index is 2.73. The van der Waals surface area contributed by atoms with Gasteiger partial charge < -0.3 is 8.85 Å². The molecule has 0 saturated heterocycles. The molecule has 0 aliphatic rings. The first-order valence-electron chi connectivity index (χ1n) is 4.31. The average Bonchev–Trinajstić information content (AvgIpc) is 2.10. The molecule has 12 heavy (non-hydrogen) atoms. The van der Waals surface area contributed by atoms with Crippen LogP contribution in [0.2, 0.25) is 0 Å². The molecule has 0 aliphatic heterocycles. The van der Waals surface area contributed by atoms with Crippen LogP contribution in [0.5, 0.6) is 0 Å². The molecule has 0 amide bonds. The van der Waals surface area contributed by atoms with E-state index in [-0.39, 0.29) is 19.5 Å². The zero-order valence-electron chi connectivity index (χ0n) is 7.88. The van der Waals surface area contributed by atoms with Crippen LogP contribution in [0.25, 0.3) is 0 Å². The number of hydrogen-bond donors (Lipinski definition) is 0. The fourth-order valence-corrected chi connectivity index (χ4v) is 6.95. The van der Waals surface area contributed by atoms with Crippen molar-refractivity contribution in [3.63, 3.8) is 0 Å². The zero-order valence-corrected chi connectivity index (χ0v) is 12.3. The maximum atomic E-state index is 5.35. The van der Waals surface area contributed by atoms with E-state index in [0.717, 1.165) is 13.2 Å². The van der Waals surface area contributed by atoms with Crippen molar-refractivity contribution in [2.75, 3.05) is 24.0 Å². The Bertz CT molecular complexity index is 77.9. The molecule has 0 unspecified atom stereocenters. The highest BCUT2D eigenvalue weighted by Gasteiger charge is 1.92. The first-order valence-corrected chi connectivity index (χ1v) is 9.96. The van der Waals surface area contributed by atoms with E-state index in [4.69, 9.17) is 8.85 Å². The van der Waals surface area contributed by atoms with Gasteiger partial charge in [0.15, 0.2) is 19.5 Å². The summed E-state index contributed by atoms with van der Waals surface area (Å²) < 4.78 is 10.7. The predicted molar refractivity (Wildman–Crippen MR) is 65.3 cm³/mol. The van der Waals surface area contributed by atoms with E-state index in [1.54, 1.807) is 0 Å². The molecule has 0 aliphatic carbocycles. The normalized spacial score (nSPS) is 12.5. The molecular weight excluding hydrogens is 224 g/mol. The molecule has 0 aromatic rings. The first-order chi connectivity index (χ1) is 5.91. The van der Waals surface area contributed by atoms with Crippen LogP contribution >= 0.6 is 21.6 Å². The minimum Gasteiger partial charge on any atom is -0.423 e. The molecule has 2 nitrogen and oxygen atoms in total. The molecule has 0 radical (unpaired) electrons. The van der Waals surface area contributed by atoms with E-state index in [9.17, 15) is 0 Å². The van der Waals surface area contributed by atoms with Crippen molar-refractivity contribution in [3.05, 3.63) is 0 Å². The summed E-state index contributed by atoms with van der Waals surface area (Å²) in [7, 11) is 3.48. The van der Waals surface area contributed by atoms with Gasteiger partial charge in [0, 0.05) is 24.0 Å². The molecule has 0 bridgehead atoms. The van der Waals surface area contributed by atoms with E-state index in [1.165, 1.54) is 10.8 Å². The van der Waals surface area contributed by atoms with Crippen molar-refractivity contribution < 1.29 is 8.85 Å². The molecule has 0 saturated carbocycles. The summed E-state index contributed by atoms with van der Waals surface area (Å²) in [5.41, 5.74) is 0. The van der Waals surface area contributed by atoms with E-state index in [1.807, 2.05) is 21.6 Å². The summed E-state index contributed by atoms with van der Waals surface area (Å²) in [6.45, 7) is 5.91. The Morgan fingerprint density at radius 2 is 1.33 bits per heavy atom. The zero-order chi connectivity index (χ0) is 9.07. The third kappa shape index (κ3) is 11.1. The van der Waals surface area contributed by atoms with Crippen LogP contribution < -0.4 is 0 Å². The summed E-state index contributed by atoms with van der Waals surface area (Å²) in [6, 6.07) is 0. The molecule has 0 heterocycles. The van der Waals surface area contributed by atoms with Crippen LogP contribution in [-0.4, -0.2) is 43.5 Å². The van der Waals surface area contributed by atoms with Crippen molar-refractivity contribution in [2.24, 2.45) is 0 Å². The lowest BCUT2D eigenvalue weighted by atomic mass is 10.9. The van der Waals surface area contributed by atoms with Gasteiger partial charge in [-0.3, -0.25) is 0 Å². The smallest absolute Gasteiger partial charge is 0.172 e. The SMILES string of the molecule is CCO[SiH2]CSSC[SiH2]OCC. The van der Waals surface area contributed by atoms with Crippen LogP contribution in [0, 0.1) is 0 Å². The third-order valence-electron chi connectivity index (χ3n) is 1.11. The lowest BCUT2D eigenvalue weighted by Crippen LogP contribution is -2.02. The predicted octanol–water partition coefficient (Wildman–Crippen LogP) is 0.523. The molecule has 0 N–H and O–H groups in total. The lowest BCUT2D eigenvalue weighted by molar-refractivity contribution is 0.363.